The molecule has 0 saturated carbocycles. The highest BCUT2D eigenvalue weighted by Crippen LogP contribution is 2.32. The molecule has 0 aliphatic carbocycles. The van der Waals surface area contributed by atoms with Gasteiger partial charge in [0.15, 0.2) is 0 Å². The number of ether oxygens (including phenoxy) is 1. The zero-order valence-corrected chi connectivity index (χ0v) is 9.04. The van der Waals surface area contributed by atoms with Crippen molar-refractivity contribution in [3.05, 3.63) is 23.9 Å². The molecule has 88 valence electrons. The molecule has 0 bridgehead atoms. The Labute approximate surface area is 92.8 Å². The van der Waals surface area contributed by atoms with Crippen molar-refractivity contribution in [1.82, 2.24) is 10.3 Å². The number of hydrogen-bond donors (Lipinski definition) is 1. The molecule has 1 aliphatic rings. The molecular formula is C11H14F2N2O. The maximum Gasteiger partial charge on any atom is 0.260 e. The average Bonchev–Trinajstić information content (AvgIpc) is 2.28. The number of methoxy groups -OCH3 is 1. The van der Waals surface area contributed by atoms with Crippen molar-refractivity contribution in [2.24, 2.45) is 0 Å². The Balaban J connectivity index is 2.11. The Kier molecular flexibility index (Phi) is 3.05. The van der Waals surface area contributed by atoms with Crippen LogP contribution in [0.3, 0.4) is 0 Å². The van der Waals surface area contributed by atoms with Crippen LogP contribution in [-0.4, -0.2) is 31.1 Å². The average molecular weight is 228 g/mol. The fourth-order valence-corrected chi connectivity index (χ4v) is 1.92. The number of nitrogens with one attached hydrogen (secondary N) is 1. The van der Waals surface area contributed by atoms with Crippen LogP contribution in [0.15, 0.2) is 18.3 Å². The molecule has 1 unspecified atom stereocenters. The third-order valence-electron chi connectivity index (χ3n) is 2.76. The molecule has 3 nitrogen and oxygen atoms in total. The summed E-state index contributed by atoms with van der Waals surface area (Å²) in [6.45, 7) is 0.344. The van der Waals surface area contributed by atoms with Gasteiger partial charge in [-0.2, -0.15) is 0 Å². The maximum absolute atomic E-state index is 13.2. The zero-order chi connectivity index (χ0) is 11.6. The van der Waals surface area contributed by atoms with Crippen LogP contribution >= 0.6 is 0 Å². The Morgan fingerprint density at radius 1 is 1.50 bits per heavy atom. The first-order valence-corrected chi connectivity index (χ1v) is 5.19. The topological polar surface area (TPSA) is 34.1 Å². The number of hydrogen-bond acceptors (Lipinski definition) is 3. The third kappa shape index (κ3) is 2.47. The Hall–Kier alpha value is -1.23. The van der Waals surface area contributed by atoms with Gasteiger partial charge in [-0.25, -0.2) is 13.8 Å². The lowest BCUT2D eigenvalue weighted by atomic mass is 9.91. The molecule has 1 aliphatic heterocycles. The van der Waals surface area contributed by atoms with Gasteiger partial charge < -0.3 is 10.1 Å². The molecule has 1 saturated heterocycles. The van der Waals surface area contributed by atoms with E-state index in [9.17, 15) is 8.78 Å². The summed E-state index contributed by atoms with van der Waals surface area (Å²) < 4.78 is 31.3. The number of halogens is 2. The van der Waals surface area contributed by atoms with Gasteiger partial charge in [0, 0.05) is 31.1 Å². The van der Waals surface area contributed by atoms with Gasteiger partial charge in [0.05, 0.1) is 13.7 Å². The van der Waals surface area contributed by atoms with Crippen molar-refractivity contribution in [3.63, 3.8) is 0 Å². The second-order valence-electron chi connectivity index (χ2n) is 4.02. The molecule has 2 heterocycles. The van der Waals surface area contributed by atoms with E-state index in [4.69, 9.17) is 4.74 Å². The van der Waals surface area contributed by atoms with Gasteiger partial charge in [-0.3, -0.25) is 0 Å². The number of aromatic nitrogens is 1. The highest BCUT2D eigenvalue weighted by molar-refractivity contribution is 5.22. The molecular weight excluding hydrogens is 214 g/mol. The van der Waals surface area contributed by atoms with Crippen LogP contribution in [-0.2, 0) is 0 Å². The number of nitrogens with zero attached hydrogens (tertiary/aromatic N) is 1. The van der Waals surface area contributed by atoms with Gasteiger partial charge >= 0.3 is 0 Å². The highest BCUT2D eigenvalue weighted by atomic mass is 19.3. The van der Waals surface area contributed by atoms with E-state index < -0.39 is 5.92 Å². The van der Waals surface area contributed by atoms with E-state index in [0.29, 0.717) is 12.4 Å². The van der Waals surface area contributed by atoms with Gasteiger partial charge in [0.1, 0.15) is 0 Å². The lowest BCUT2D eigenvalue weighted by molar-refractivity contribution is -0.0278. The van der Waals surface area contributed by atoms with E-state index in [1.807, 2.05) is 0 Å². The quantitative estimate of drug-likeness (QED) is 0.838. The summed E-state index contributed by atoms with van der Waals surface area (Å²) in [5, 5.41) is 2.74. The summed E-state index contributed by atoms with van der Waals surface area (Å²) in [6.07, 6.45) is 1.49. The number of pyridine rings is 1. The normalized spacial score (nSPS) is 24.1. The SMILES string of the molecule is COc1ccc(C2CNCC(F)(F)C2)cn1. The van der Waals surface area contributed by atoms with Crippen LogP contribution in [0.2, 0.25) is 0 Å². The molecule has 2 rings (SSSR count). The first kappa shape index (κ1) is 11.3. The number of piperidine rings is 1. The van der Waals surface area contributed by atoms with Crippen LogP contribution < -0.4 is 10.1 Å². The fourth-order valence-electron chi connectivity index (χ4n) is 1.92. The van der Waals surface area contributed by atoms with E-state index in [1.54, 1.807) is 18.3 Å². The molecule has 1 aromatic heterocycles. The Bertz CT molecular complexity index is 354. The van der Waals surface area contributed by atoms with E-state index in [0.717, 1.165) is 5.56 Å². The van der Waals surface area contributed by atoms with Crippen LogP contribution in [0.4, 0.5) is 8.78 Å². The second-order valence-corrected chi connectivity index (χ2v) is 4.02. The Morgan fingerprint density at radius 2 is 2.31 bits per heavy atom. The van der Waals surface area contributed by atoms with Crippen LogP contribution in [0.5, 0.6) is 5.88 Å². The summed E-state index contributed by atoms with van der Waals surface area (Å²) in [4.78, 5) is 4.03. The molecule has 1 atom stereocenters. The lowest BCUT2D eigenvalue weighted by Gasteiger charge is -2.29. The standard InChI is InChI=1S/C11H14F2N2O/c1-16-10-3-2-8(6-15-10)9-4-11(12,13)7-14-5-9/h2-3,6,9,14H,4-5,7H2,1H3. The van der Waals surface area contributed by atoms with E-state index >= 15 is 0 Å². The van der Waals surface area contributed by atoms with E-state index in [2.05, 4.69) is 10.3 Å². The molecule has 5 heteroatoms. The van der Waals surface area contributed by atoms with Crippen molar-refractivity contribution >= 4 is 0 Å². The monoisotopic (exact) mass is 228 g/mol. The highest BCUT2D eigenvalue weighted by Gasteiger charge is 2.36. The van der Waals surface area contributed by atoms with Crippen molar-refractivity contribution < 1.29 is 13.5 Å². The van der Waals surface area contributed by atoms with Gasteiger partial charge in [0.2, 0.25) is 5.88 Å². The summed E-state index contributed by atoms with van der Waals surface area (Å²) >= 11 is 0. The molecule has 1 fully saturated rings. The molecule has 0 radical (unpaired) electrons. The zero-order valence-electron chi connectivity index (χ0n) is 9.04. The summed E-state index contributed by atoms with van der Waals surface area (Å²) in [5.41, 5.74) is 0.827. The van der Waals surface area contributed by atoms with Gasteiger partial charge in [-0.05, 0) is 5.56 Å². The third-order valence-corrected chi connectivity index (χ3v) is 2.76. The smallest absolute Gasteiger partial charge is 0.260 e. The maximum atomic E-state index is 13.2. The minimum atomic E-state index is -2.62. The first-order chi connectivity index (χ1) is 7.61. The van der Waals surface area contributed by atoms with Crippen molar-refractivity contribution in [1.29, 1.82) is 0 Å². The predicted octanol–water partition coefficient (Wildman–Crippen LogP) is 1.80. The van der Waals surface area contributed by atoms with E-state index in [-0.39, 0.29) is 18.9 Å². The Morgan fingerprint density at radius 3 is 2.88 bits per heavy atom. The minimum absolute atomic E-state index is 0.117. The van der Waals surface area contributed by atoms with Crippen LogP contribution in [0, 0.1) is 0 Å². The molecule has 0 aromatic carbocycles. The lowest BCUT2D eigenvalue weighted by Crippen LogP contribution is -2.42. The summed E-state index contributed by atoms with van der Waals surface area (Å²) in [5.74, 6) is -2.30. The van der Waals surface area contributed by atoms with Crippen LogP contribution in [0.25, 0.3) is 0 Å². The summed E-state index contributed by atoms with van der Waals surface area (Å²) in [7, 11) is 1.53. The number of rotatable bonds is 2. The predicted molar refractivity (Wildman–Crippen MR) is 56.0 cm³/mol. The van der Waals surface area contributed by atoms with Gasteiger partial charge in [-0.15, -0.1) is 0 Å². The number of alkyl halides is 2. The van der Waals surface area contributed by atoms with Crippen molar-refractivity contribution in [3.8, 4) is 5.88 Å². The largest absolute Gasteiger partial charge is 0.481 e. The molecule has 0 spiro atoms. The molecule has 1 aromatic rings. The summed E-state index contributed by atoms with van der Waals surface area (Å²) in [6, 6.07) is 3.49. The van der Waals surface area contributed by atoms with E-state index in [1.165, 1.54) is 7.11 Å². The van der Waals surface area contributed by atoms with Crippen LogP contribution in [0.1, 0.15) is 17.9 Å². The first-order valence-electron chi connectivity index (χ1n) is 5.19. The fraction of sp³-hybridized carbons (Fsp3) is 0.545. The van der Waals surface area contributed by atoms with Crippen molar-refractivity contribution in [2.75, 3.05) is 20.2 Å². The van der Waals surface area contributed by atoms with Gasteiger partial charge in [0.25, 0.3) is 5.92 Å². The molecule has 1 N–H and O–H groups in total. The second kappa shape index (κ2) is 4.33. The van der Waals surface area contributed by atoms with Gasteiger partial charge in [-0.1, -0.05) is 6.07 Å². The molecule has 0 amide bonds. The minimum Gasteiger partial charge on any atom is -0.481 e. The molecule has 16 heavy (non-hydrogen) atoms. The van der Waals surface area contributed by atoms with Crippen molar-refractivity contribution in [2.45, 2.75) is 18.3 Å².